The van der Waals surface area contributed by atoms with Crippen LogP contribution in [-0.4, -0.2) is 27.1 Å². The summed E-state index contributed by atoms with van der Waals surface area (Å²) in [5.41, 5.74) is 5.56. The fourth-order valence-corrected chi connectivity index (χ4v) is 4.99. The number of thioether (sulfide) groups is 1. The van der Waals surface area contributed by atoms with Crippen molar-refractivity contribution in [3.05, 3.63) is 94.0 Å². The van der Waals surface area contributed by atoms with E-state index in [1.54, 1.807) is 23.1 Å². The molecule has 1 saturated heterocycles. The number of carbonyl (C=O) groups excluding carboxylic acids is 2. The first-order valence-corrected chi connectivity index (χ1v) is 12.3. The van der Waals surface area contributed by atoms with Crippen LogP contribution in [0.2, 0.25) is 5.02 Å². The summed E-state index contributed by atoms with van der Waals surface area (Å²) in [6.07, 6.45) is 0.0483. The summed E-state index contributed by atoms with van der Waals surface area (Å²) in [6, 6.07) is 21.1. The molecule has 4 rings (SSSR count). The number of hydrogen-bond donors (Lipinski definition) is 1. The lowest BCUT2D eigenvalue weighted by molar-refractivity contribution is -0.128. The van der Waals surface area contributed by atoms with E-state index in [0.29, 0.717) is 22.4 Å². The monoisotopic (exact) mass is 491 g/mol. The van der Waals surface area contributed by atoms with Crippen molar-refractivity contribution in [3.8, 4) is 0 Å². The van der Waals surface area contributed by atoms with E-state index in [0.717, 1.165) is 22.4 Å². The molecule has 1 unspecified atom stereocenters. The number of aryl methyl sites for hydroxylation is 2. The Morgan fingerprint density at radius 3 is 2.53 bits per heavy atom. The van der Waals surface area contributed by atoms with Crippen molar-refractivity contribution in [3.63, 3.8) is 0 Å². The summed E-state index contributed by atoms with van der Waals surface area (Å²) < 4.78 is 0. The Morgan fingerprint density at radius 1 is 1.03 bits per heavy atom. The quantitative estimate of drug-likeness (QED) is 0.432. The molecule has 34 heavy (non-hydrogen) atoms. The number of anilines is 1. The van der Waals surface area contributed by atoms with Crippen molar-refractivity contribution in [2.24, 2.45) is 4.99 Å². The first-order valence-electron chi connectivity index (χ1n) is 11.0. The van der Waals surface area contributed by atoms with Crippen LogP contribution in [0.3, 0.4) is 0 Å². The van der Waals surface area contributed by atoms with Gasteiger partial charge in [-0.1, -0.05) is 65.8 Å². The number of nitrogens with zero attached hydrogens (tertiary/aromatic N) is 2. The Kier molecular flexibility index (Phi) is 7.39. The zero-order valence-electron chi connectivity index (χ0n) is 19.3. The zero-order valence-corrected chi connectivity index (χ0v) is 20.9. The van der Waals surface area contributed by atoms with Crippen LogP contribution in [-0.2, 0) is 16.1 Å². The summed E-state index contributed by atoms with van der Waals surface area (Å²) in [6.45, 7) is 6.35. The van der Waals surface area contributed by atoms with Crippen LogP contribution in [0, 0.1) is 20.8 Å². The van der Waals surface area contributed by atoms with Crippen LogP contribution in [0.5, 0.6) is 0 Å². The van der Waals surface area contributed by atoms with E-state index in [4.69, 9.17) is 16.6 Å². The van der Waals surface area contributed by atoms with E-state index in [2.05, 4.69) is 12.2 Å². The highest BCUT2D eigenvalue weighted by molar-refractivity contribution is 8.15. The van der Waals surface area contributed by atoms with E-state index < -0.39 is 5.25 Å². The van der Waals surface area contributed by atoms with Gasteiger partial charge < -0.3 is 5.32 Å². The molecule has 0 spiro atoms. The topological polar surface area (TPSA) is 61.8 Å². The van der Waals surface area contributed by atoms with Crippen LogP contribution in [0.1, 0.15) is 28.7 Å². The fraction of sp³-hybridized carbons (Fsp3) is 0.222. The molecule has 7 heteroatoms. The Hall–Kier alpha value is -3.09. The summed E-state index contributed by atoms with van der Waals surface area (Å²) >= 11 is 7.51. The smallest absolute Gasteiger partial charge is 0.242 e. The molecular formula is C27H26ClN3O2S. The SMILES string of the molecule is Cc1ccc(N=C2SC(CC(=O)Nc3cccc(Cl)c3C)C(=O)N2Cc2ccccc2)cc1C. The van der Waals surface area contributed by atoms with Crippen molar-refractivity contribution in [2.75, 3.05) is 5.32 Å². The van der Waals surface area contributed by atoms with Crippen molar-refractivity contribution in [1.29, 1.82) is 0 Å². The molecule has 1 aliphatic rings. The van der Waals surface area contributed by atoms with Gasteiger partial charge in [0.2, 0.25) is 11.8 Å². The molecule has 5 nitrogen and oxygen atoms in total. The molecule has 3 aromatic carbocycles. The van der Waals surface area contributed by atoms with E-state index in [1.165, 1.54) is 17.3 Å². The minimum absolute atomic E-state index is 0.0483. The number of aliphatic imine (C=N–C) groups is 1. The second-order valence-electron chi connectivity index (χ2n) is 8.34. The zero-order chi connectivity index (χ0) is 24.2. The van der Waals surface area contributed by atoms with Gasteiger partial charge in [-0.25, -0.2) is 4.99 Å². The number of benzene rings is 3. The first kappa shape index (κ1) is 24.0. The van der Waals surface area contributed by atoms with Gasteiger partial charge >= 0.3 is 0 Å². The molecule has 1 N–H and O–H groups in total. The normalized spacial score (nSPS) is 16.8. The predicted octanol–water partition coefficient (Wildman–Crippen LogP) is 6.43. The van der Waals surface area contributed by atoms with Gasteiger partial charge in [0, 0.05) is 17.1 Å². The van der Waals surface area contributed by atoms with Gasteiger partial charge in [-0.15, -0.1) is 0 Å². The number of amides is 2. The number of rotatable bonds is 6. The molecule has 2 amide bonds. The molecule has 0 radical (unpaired) electrons. The maximum Gasteiger partial charge on any atom is 0.242 e. The number of hydrogen-bond acceptors (Lipinski definition) is 4. The predicted molar refractivity (Wildman–Crippen MR) is 141 cm³/mol. The minimum atomic E-state index is -0.548. The Labute approximate surface area is 209 Å². The van der Waals surface area contributed by atoms with Gasteiger partial charge in [0.25, 0.3) is 0 Å². The fourth-order valence-electron chi connectivity index (χ4n) is 3.65. The van der Waals surface area contributed by atoms with Crippen LogP contribution >= 0.6 is 23.4 Å². The summed E-state index contributed by atoms with van der Waals surface area (Å²) in [5.74, 6) is -0.349. The van der Waals surface area contributed by atoms with Gasteiger partial charge in [-0.05, 0) is 67.3 Å². The Morgan fingerprint density at radius 2 is 1.79 bits per heavy atom. The van der Waals surface area contributed by atoms with Crippen molar-refractivity contribution in [1.82, 2.24) is 4.90 Å². The highest BCUT2D eigenvalue weighted by Crippen LogP contribution is 2.34. The maximum atomic E-state index is 13.4. The molecule has 174 valence electrons. The molecule has 0 aromatic heterocycles. The second-order valence-corrected chi connectivity index (χ2v) is 9.92. The van der Waals surface area contributed by atoms with Crippen molar-refractivity contribution >= 4 is 51.7 Å². The average molecular weight is 492 g/mol. The Bertz CT molecular complexity index is 1260. The number of amidine groups is 1. The molecule has 1 fully saturated rings. The van der Waals surface area contributed by atoms with Gasteiger partial charge in [0.1, 0.15) is 5.25 Å². The Balaban J connectivity index is 1.57. The molecule has 0 aliphatic carbocycles. The molecular weight excluding hydrogens is 466 g/mol. The third-order valence-electron chi connectivity index (χ3n) is 5.83. The van der Waals surface area contributed by atoms with Crippen LogP contribution in [0.15, 0.2) is 71.7 Å². The van der Waals surface area contributed by atoms with E-state index >= 15 is 0 Å². The summed E-state index contributed by atoms with van der Waals surface area (Å²) in [5, 5.41) is 3.54. The van der Waals surface area contributed by atoms with E-state index in [9.17, 15) is 9.59 Å². The third-order valence-corrected chi connectivity index (χ3v) is 7.42. The van der Waals surface area contributed by atoms with Gasteiger partial charge in [-0.2, -0.15) is 0 Å². The standard InChI is InChI=1S/C27H26ClN3O2S/c1-17-12-13-21(14-18(17)2)29-27-31(16-20-8-5-4-6-9-20)26(33)24(34-27)15-25(32)30-23-11-7-10-22(28)19(23)3/h4-14,24H,15-16H2,1-3H3,(H,30,32). The van der Waals surface area contributed by atoms with Crippen LogP contribution in [0.4, 0.5) is 11.4 Å². The minimum Gasteiger partial charge on any atom is -0.326 e. The summed E-state index contributed by atoms with van der Waals surface area (Å²) in [4.78, 5) is 32.6. The number of halogens is 1. The lowest BCUT2D eigenvalue weighted by Crippen LogP contribution is -2.33. The van der Waals surface area contributed by atoms with Gasteiger partial charge in [0.15, 0.2) is 5.17 Å². The molecule has 1 aliphatic heterocycles. The van der Waals surface area contributed by atoms with E-state index in [1.807, 2.05) is 62.4 Å². The molecule has 1 heterocycles. The lowest BCUT2D eigenvalue weighted by Gasteiger charge is -2.17. The van der Waals surface area contributed by atoms with Crippen LogP contribution in [0.25, 0.3) is 0 Å². The maximum absolute atomic E-state index is 13.4. The van der Waals surface area contributed by atoms with Crippen molar-refractivity contribution < 1.29 is 9.59 Å². The highest BCUT2D eigenvalue weighted by Gasteiger charge is 2.39. The molecule has 0 bridgehead atoms. The van der Waals surface area contributed by atoms with E-state index in [-0.39, 0.29) is 18.2 Å². The molecule has 0 saturated carbocycles. The number of nitrogens with one attached hydrogen (secondary N) is 1. The molecule has 1 atom stereocenters. The summed E-state index contributed by atoms with van der Waals surface area (Å²) in [7, 11) is 0. The van der Waals surface area contributed by atoms with Gasteiger partial charge in [0.05, 0.1) is 12.2 Å². The van der Waals surface area contributed by atoms with Crippen LogP contribution < -0.4 is 5.32 Å². The van der Waals surface area contributed by atoms with Crippen molar-refractivity contribution in [2.45, 2.75) is 39.0 Å². The molecule has 3 aromatic rings. The largest absolute Gasteiger partial charge is 0.326 e. The van der Waals surface area contributed by atoms with Gasteiger partial charge in [-0.3, -0.25) is 14.5 Å². The number of carbonyl (C=O) groups is 2. The first-order chi connectivity index (χ1) is 16.3. The average Bonchev–Trinajstić information content (AvgIpc) is 3.09. The lowest BCUT2D eigenvalue weighted by atomic mass is 10.1. The third kappa shape index (κ3) is 5.51. The highest BCUT2D eigenvalue weighted by atomic mass is 35.5. The second kappa shape index (κ2) is 10.5.